The maximum absolute atomic E-state index is 12.0. The summed E-state index contributed by atoms with van der Waals surface area (Å²) in [5.74, 6) is 0.535. The molecule has 0 aliphatic heterocycles. The van der Waals surface area contributed by atoms with Crippen LogP contribution >= 0.6 is 0 Å². The molecule has 0 heterocycles. The zero-order chi connectivity index (χ0) is 16.4. The van der Waals surface area contributed by atoms with Crippen molar-refractivity contribution in [1.82, 2.24) is 0 Å². The maximum Gasteiger partial charge on any atom is 0.389 e. The highest BCUT2D eigenvalue weighted by Gasteiger charge is 2.26. The number of carbonyl (C=O) groups excluding carboxylic acids is 1. The Bertz CT molecular complexity index is 429. The molecule has 0 radical (unpaired) electrons. The smallest absolute Gasteiger partial charge is 0.389 e. The van der Waals surface area contributed by atoms with E-state index in [1.165, 1.54) is 0 Å². The highest BCUT2D eigenvalue weighted by Crippen LogP contribution is 2.21. The second-order valence-corrected chi connectivity index (χ2v) is 5.17. The first-order valence-corrected chi connectivity index (χ1v) is 7.22. The summed E-state index contributed by atoms with van der Waals surface area (Å²) in [6.07, 6.45) is -3.44. The molecule has 1 aromatic rings. The van der Waals surface area contributed by atoms with Crippen molar-refractivity contribution in [2.24, 2.45) is 5.92 Å². The number of benzene rings is 1. The largest absolute Gasteiger partial charge is 0.494 e. The van der Waals surface area contributed by atoms with Gasteiger partial charge in [-0.1, -0.05) is 19.1 Å². The van der Waals surface area contributed by atoms with Crippen LogP contribution in [0, 0.1) is 5.92 Å². The standard InChI is InChI=1S/C16H21F3O3/c1-13(11-20)7-10-21-12-14-3-5-15(6-4-14)22-9-2-8-16(17,18)19/h3-6,11,13H,2,7-10,12H2,1H3/t13-/m0/s1. The van der Waals surface area contributed by atoms with E-state index in [2.05, 4.69) is 0 Å². The van der Waals surface area contributed by atoms with E-state index < -0.39 is 12.6 Å². The lowest BCUT2D eigenvalue weighted by molar-refractivity contribution is -0.136. The SMILES string of the molecule is C[C@H](C=O)CCOCc1ccc(OCCCC(F)(F)F)cc1. The molecule has 0 bridgehead atoms. The van der Waals surface area contributed by atoms with Crippen molar-refractivity contribution in [3.8, 4) is 5.75 Å². The summed E-state index contributed by atoms with van der Waals surface area (Å²) in [6, 6.07) is 7.03. The average molecular weight is 318 g/mol. The van der Waals surface area contributed by atoms with E-state index in [-0.39, 0.29) is 18.9 Å². The molecule has 0 amide bonds. The number of rotatable bonds is 10. The Morgan fingerprint density at radius 1 is 1.18 bits per heavy atom. The number of alkyl halides is 3. The molecule has 22 heavy (non-hydrogen) atoms. The van der Waals surface area contributed by atoms with Crippen molar-refractivity contribution in [1.29, 1.82) is 0 Å². The Morgan fingerprint density at radius 2 is 1.86 bits per heavy atom. The number of halogens is 3. The lowest BCUT2D eigenvalue weighted by atomic mass is 10.1. The molecule has 0 spiro atoms. The third-order valence-electron chi connectivity index (χ3n) is 3.02. The zero-order valence-corrected chi connectivity index (χ0v) is 12.6. The first kappa shape index (κ1) is 18.5. The third-order valence-corrected chi connectivity index (χ3v) is 3.02. The predicted molar refractivity (Wildman–Crippen MR) is 76.7 cm³/mol. The van der Waals surface area contributed by atoms with Crippen molar-refractivity contribution >= 4 is 6.29 Å². The van der Waals surface area contributed by atoms with Gasteiger partial charge >= 0.3 is 6.18 Å². The molecule has 124 valence electrons. The summed E-state index contributed by atoms with van der Waals surface area (Å²) < 4.78 is 46.6. The van der Waals surface area contributed by atoms with Crippen LogP contribution in [0.3, 0.4) is 0 Å². The number of aldehydes is 1. The van der Waals surface area contributed by atoms with Crippen molar-refractivity contribution in [2.45, 2.75) is 39.0 Å². The second-order valence-electron chi connectivity index (χ2n) is 5.17. The lowest BCUT2D eigenvalue weighted by Gasteiger charge is -2.09. The number of hydrogen-bond donors (Lipinski definition) is 0. The summed E-state index contributed by atoms with van der Waals surface area (Å²) in [4.78, 5) is 10.4. The molecule has 1 aromatic carbocycles. The number of ether oxygens (including phenoxy) is 2. The fourth-order valence-electron chi connectivity index (χ4n) is 1.67. The number of hydrogen-bond acceptors (Lipinski definition) is 3. The Kier molecular flexibility index (Phi) is 7.95. The molecular weight excluding hydrogens is 297 g/mol. The highest BCUT2D eigenvalue weighted by molar-refractivity contribution is 5.52. The second kappa shape index (κ2) is 9.46. The summed E-state index contributed by atoms with van der Waals surface area (Å²) in [6.45, 7) is 2.82. The molecule has 0 saturated heterocycles. The first-order chi connectivity index (χ1) is 10.4. The van der Waals surface area contributed by atoms with E-state index in [9.17, 15) is 18.0 Å². The maximum atomic E-state index is 12.0. The van der Waals surface area contributed by atoms with Crippen LogP contribution in [0.15, 0.2) is 24.3 Å². The molecule has 0 unspecified atom stereocenters. The predicted octanol–water partition coefficient (Wildman–Crippen LogP) is 4.15. The zero-order valence-electron chi connectivity index (χ0n) is 12.6. The van der Waals surface area contributed by atoms with Gasteiger partial charge in [0.1, 0.15) is 12.0 Å². The van der Waals surface area contributed by atoms with Gasteiger partial charge in [-0.2, -0.15) is 13.2 Å². The van der Waals surface area contributed by atoms with Crippen molar-refractivity contribution in [3.63, 3.8) is 0 Å². The Labute approximate surface area is 128 Å². The van der Waals surface area contributed by atoms with Gasteiger partial charge in [-0.05, 0) is 30.5 Å². The monoisotopic (exact) mass is 318 g/mol. The van der Waals surface area contributed by atoms with Crippen LogP contribution in [0.2, 0.25) is 0 Å². The van der Waals surface area contributed by atoms with Gasteiger partial charge in [0.05, 0.1) is 13.2 Å². The van der Waals surface area contributed by atoms with Gasteiger partial charge in [0.15, 0.2) is 0 Å². The molecule has 3 nitrogen and oxygen atoms in total. The van der Waals surface area contributed by atoms with E-state index in [1.807, 2.05) is 19.1 Å². The van der Waals surface area contributed by atoms with Crippen LogP contribution in [0.4, 0.5) is 13.2 Å². The van der Waals surface area contributed by atoms with Gasteiger partial charge in [0.25, 0.3) is 0 Å². The van der Waals surface area contributed by atoms with Crippen molar-refractivity contribution < 1.29 is 27.4 Å². The van der Waals surface area contributed by atoms with Gasteiger partial charge in [-0.15, -0.1) is 0 Å². The summed E-state index contributed by atoms with van der Waals surface area (Å²) in [7, 11) is 0. The Morgan fingerprint density at radius 3 is 2.45 bits per heavy atom. The van der Waals surface area contributed by atoms with E-state index in [1.54, 1.807) is 12.1 Å². The van der Waals surface area contributed by atoms with Gasteiger partial charge in [0, 0.05) is 18.9 Å². The minimum atomic E-state index is -4.13. The van der Waals surface area contributed by atoms with Crippen LogP contribution in [-0.2, 0) is 16.1 Å². The van der Waals surface area contributed by atoms with Crippen LogP contribution in [0.1, 0.15) is 31.7 Å². The molecular formula is C16H21F3O3. The molecule has 0 fully saturated rings. The van der Waals surface area contributed by atoms with Crippen LogP contribution < -0.4 is 4.74 Å². The Hall–Kier alpha value is -1.56. The highest BCUT2D eigenvalue weighted by atomic mass is 19.4. The van der Waals surface area contributed by atoms with Crippen molar-refractivity contribution in [3.05, 3.63) is 29.8 Å². The number of carbonyl (C=O) groups is 1. The summed E-state index contributed by atoms with van der Waals surface area (Å²) in [5, 5.41) is 0. The third kappa shape index (κ3) is 8.67. The van der Waals surface area contributed by atoms with Gasteiger partial charge in [-0.3, -0.25) is 0 Å². The van der Waals surface area contributed by atoms with Crippen LogP contribution in [-0.4, -0.2) is 25.7 Å². The fourth-order valence-corrected chi connectivity index (χ4v) is 1.67. The van der Waals surface area contributed by atoms with E-state index in [0.717, 1.165) is 11.8 Å². The minimum Gasteiger partial charge on any atom is -0.494 e. The molecule has 0 aromatic heterocycles. The fraction of sp³-hybridized carbons (Fsp3) is 0.562. The molecule has 1 rings (SSSR count). The van der Waals surface area contributed by atoms with Gasteiger partial charge in [-0.25, -0.2) is 0 Å². The normalized spacial score (nSPS) is 12.9. The molecule has 1 atom stereocenters. The molecule has 0 N–H and O–H groups in total. The Balaban J connectivity index is 2.21. The lowest BCUT2D eigenvalue weighted by Crippen LogP contribution is -2.09. The molecule has 0 saturated carbocycles. The summed E-state index contributed by atoms with van der Waals surface area (Å²) in [5.41, 5.74) is 0.946. The van der Waals surface area contributed by atoms with Crippen LogP contribution in [0.5, 0.6) is 5.75 Å². The van der Waals surface area contributed by atoms with Gasteiger partial charge < -0.3 is 14.3 Å². The average Bonchev–Trinajstić information content (AvgIpc) is 2.48. The summed E-state index contributed by atoms with van der Waals surface area (Å²) >= 11 is 0. The quantitative estimate of drug-likeness (QED) is 0.480. The van der Waals surface area contributed by atoms with Gasteiger partial charge in [0.2, 0.25) is 0 Å². The minimum absolute atomic E-state index is 0.00697. The van der Waals surface area contributed by atoms with E-state index in [4.69, 9.17) is 9.47 Å². The molecule has 6 heteroatoms. The van der Waals surface area contributed by atoms with Crippen LogP contribution in [0.25, 0.3) is 0 Å². The van der Waals surface area contributed by atoms with E-state index >= 15 is 0 Å². The molecule has 0 aliphatic rings. The molecule has 0 aliphatic carbocycles. The van der Waals surface area contributed by atoms with E-state index in [0.29, 0.717) is 25.4 Å². The first-order valence-electron chi connectivity index (χ1n) is 7.22. The topological polar surface area (TPSA) is 35.5 Å². The van der Waals surface area contributed by atoms with Crippen molar-refractivity contribution in [2.75, 3.05) is 13.2 Å².